The summed E-state index contributed by atoms with van der Waals surface area (Å²) in [5.41, 5.74) is 8.23. The van der Waals surface area contributed by atoms with E-state index in [4.69, 9.17) is 5.73 Å². The first kappa shape index (κ1) is 11.4. The number of nitrogens with one attached hydrogen (secondary N) is 1. The molecule has 0 bridgehead atoms. The van der Waals surface area contributed by atoms with E-state index in [9.17, 15) is 0 Å². The second-order valence-corrected chi connectivity index (χ2v) is 4.28. The fourth-order valence-corrected chi connectivity index (χ4v) is 1.86. The molecule has 0 radical (unpaired) electrons. The molecule has 0 saturated carbocycles. The van der Waals surface area contributed by atoms with Gasteiger partial charge in [0.15, 0.2) is 5.65 Å². The lowest BCUT2D eigenvalue weighted by Crippen LogP contribution is -2.10. The predicted molar refractivity (Wildman–Crippen MR) is 71.5 cm³/mol. The molecule has 0 spiro atoms. The van der Waals surface area contributed by atoms with Crippen LogP contribution < -0.4 is 11.1 Å². The number of anilines is 2. The van der Waals surface area contributed by atoms with Crippen molar-refractivity contribution in [3.8, 4) is 0 Å². The molecule has 7 heteroatoms. The van der Waals surface area contributed by atoms with E-state index < -0.39 is 0 Å². The van der Waals surface area contributed by atoms with Gasteiger partial charge < -0.3 is 11.1 Å². The SMILES string of the molecule is CC(Nc1ccc2nnnn2n1)c1cccc(N)c1. The molecule has 3 N–H and O–H groups in total. The van der Waals surface area contributed by atoms with Crippen LogP contribution in [0.1, 0.15) is 18.5 Å². The Morgan fingerprint density at radius 1 is 1.26 bits per heavy atom. The zero-order valence-electron chi connectivity index (χ0n) is 10.4. The summed E-state index contributed by atoms with van der Waals surface area (Å²) in [6.45, 7) is 2.04. The average molecular weight is 255 g/mol. The van der Waals surface area contributed by atoms with Crippen molar-refractivity contribution in [3.63, 3.8) is 0 Å². The monoisotopic (exact) mass is 255 g/mol. The molecule has 1 atom stereocenters. The second kappa shape index (κ2) is 4.52. The Morgan fingerprint density at radius 3 is 3.00 bits per heavy atom. The van der Waals surface area contributed by atoms with Gasteiger partial charge in [0.05, 0.1) is 6.04 Å². The Labute approximate surface area is 109 Å². The Kier molecular flexibility index (Phi) is 2.71. The number of tetrazole rings is 1. The van der Waals surface area contributed by atoms with E-state index in [0.717, 1.165) is 11.3 Å². The maximum absolute atomic E-state index is 5.78. The molecular formula is C12H13N7. The van der Waals surface area contributed by atoms with Crippen molar-refractivity contribution in [2.45, 2.75) is 13.0 Å². The van der Waals surface area contributed by atoms with Crippen molar-refractivity contribution < 1.29 is 0 Å². The number of hydrogen-bond acceptors (Lipinski definition) is 6. The summed E-state index contributed by atoms with van der Waals surface area (Å²) >= 11 is 0. The molecule has 0 aliphatic carbocycles. The number of nitrogens with zero attached hydrogens (tertiary/aromatic N) is 5. The first-order valence-electron chi connectivity index (χ1n) is 5.90. The maximum atomic E-state index is 5.78. The Morgan fingerprint density at radius 2 is 2.16 bits per heavy atom. The number of rotatable bonds is 3. The van der Waals surface area contributed by atoms with E-state index in [1.54, 1.807) is 6.07 Å². The largest absolute Gasteiger partial charge is 0.399 e. The molecule has 3 aromatic rings. The van der Waals surface area contributed by atoms with Crippen molar-refractivity contribution in [1.82, 2.24) is 25.3 Å². The Bertz CT molecular complexity index is 706. The van der Waals surface area contributed by atoms with Crippen LogP contribution in [0.4, 0.5) is 11.5 Å². The average Bonchev–Trinajstić information content (AvgIpc) is 2.86. The molecule has 2 aromatic heterocycles. The summed E-state index contributed by atoms with van der Waals surface area (Å²) in [6, 6.07) is 11.5. The molecule has 96 valence electrons. The maximum Gasteiger partial charge on any atom is 0.200 e. The van der Waals surface area contributed by atoms with Gasteiger partial charge in [0.1, 0.15) is 5.82 Å². The van der Waals surface area contributed by atoms with Gasteiger partial charge >= 0.3 is 0 Å². The topological polar surface area (TPSA) is 94.0 Å². The summed E-state index contributed by atoms with van der Waals surface area (Å²) < 4.78 is 1.38. The van der Waals surface area contributed by atoms with E-state index in [-0.39, 0.29) is 6.04 Å². The lowest BCUT2D eigenvalue weighted by atomic mass is 10.1. The van der Waals surface area contributed by atoms with E-state index in [2.05, 4.69) is 25.9 Å². The van der Waals surface area contributed by atoms with Crippen molar-refractivity contribution >= 4 is 17.2 Å². The normalized spacial score (nSPS) is 12.5. The van der Waals surface area contributed by atoms with E-state index in [0.29, 0.717) is 11.5 Å². The first-order valence-corrected chi connectivity index (χ1v) is 5.90. The molecule has 0 saturated heterocycles. The fraction of sp³-hybridized carbons (Fsp3) is 0.167. The fourth-order valence-electron chi connectivity index (χ4n) is 1.86. The molecule has 0 aliphatic heterocycles. The molecule has 0 fully saturated rings. The van der Waals surface area contributed by atoms with Crippen LogP contribution in [0, 0.1) is 0 Å². The lowest BCUT2D eigenvalue weighted by Gasteiger charge is -2.15. The molecule has 0 amide bonds. The van der Waals surface area contributed by atoms with Gasteiger partial charge in [-0.3, -0.25) is 0 Å². The summed E-state index contributed by atoms with van der Waals surface area (Å²) in [4.78, 5) is 0. The van der Waals surface area contributed by atoms with Crippen LogP contribution in [0.5, 0.6) is 0 Å². The van der Waals surface area contributed by atoms with Gasteiger partial charge in [0.2, 0.25) is 0 Å². The molecular weight excluding hydrogens is 242 g/mol. The molecule has 1 aromatic carbocycles. The molecule has 7 nitrogen and oxygen atoms in total. The third-order valence-electron chi connectivity index (χ3n) is 2.84. The van der Waals surface area contributed by atoms with Crippen LogP contribution >= 0.6 is 0 Å². The van der Waals surface area contributed by atoms with Gasteiger partial charge in [0.25, 0.3) is 0 Å². The van der Waals surface area contributed by atoms with E-state index in [1.165, 1.54) is 4.63 Å². The summed E-state index contributed by atoms with van der Waals surface area (Å²) in [6.07, 6.45) is 0. The number of benzene rings is 1. The van der Waals surface area contributed by atoms with E-state index in [1.807, 2.05) is 37.3 Å². The van der Waals surface area contributed by atoms with Gasteiger partial charge in [0, 0.05) is 5.69 Å². The first-order chi connectivity index (χ1) is 9.22. The second-order valence-electron chi connectivity index (χ2n) is 4.28. The smallest absolute Gasteiger partial charge is 0.200 e. The predicted octanol–water partition coefficient (Wildman–Crippen LogP) is 1.27. The molecule has 19 heavy (non-hydrogen) atoms. The van der Waals surface area contributed by atoms with Crippen LogP contribution in [0.2, 0.25) is 0 Å². The zero-order chi connectivity index (χ0) is 13.2. The van der Waals surface area contributed by atoms with Gasteiger partial charge in [-0.05, 0) is 47.2 Å². The molecule has 3 rings (SSSR count). The number of nitrogen functional groups attached to an aromatic ring is 1. The minimum absolute atomic E-state index is 0.0879. The van der Waals surface area contributed by atoms with Gasteiger partial charge in [-0.25, -0.2) is 0 Å². The van der Waals surface area contributed by atoms with Crippen molar-refractivity contribution in [3.05, 3.63) is 42.0 Å². The highest BCUT2D eigenvalue weighted by atomic mass is 15.6. The van der Waals surface area contributed by atoms with Crippen molar-refractivity contribution in [2.75, 3.05) is 11.1 Å². The quantitative estimate of drug-likeness (QED) is 0.684. The third kappa shape index (κ3) is 2.30. The molecule has 2 heterocycles. The van der Waals surface area contributed by atoms with Crippen LogP contribution in [-0.4, -0.2) is 25.3 Å². The van der Waals surface area contributed by atoms with Crippen molar-refractivity contribution in [1.29, 1.82) is 0 Å². The van der Waals surface area contributed by atoms with Crippen LogP contribution in [0.3, 0.4) is 0 Å². The van der Waals surface area contributed by atoms with Crippen molar-refractivity contribution in [2.24, 2.45) is 0 Å². The Hall–Kier alpha value is -2.70. The summed E-state index contributed by atoms with van der Waals surface area (Å²) in [5, 5.41) is 18.7. The van der Waals surface area contributed by atoms with Gasteiger partial charge in [-0.15, -0.1) is 14.8 Å². The minimum atomic E-state index is 0.0879. The number of fused-ring (bicyclic) bond motifs is 1. The molecule has 1 unspecified atom stereocenters. The van der Waals surface area contributed by atoms with Crippen LogP contribution in [0.15, 0.2) is 36.4 Å². The van der Waals surface area contributed by atoms with Gasteiger partial charge in [-0.2, -0.15) is 0 Å². The Balaban J connectivity index is 1.83. The summed E-state index contributed by atoms with van der Waals surface area (Å²) in [7, 11) is 0. The highest BCUT2D eigenvalue weighted by Gasteiger charge is 2.07. The molecule has 0 aliphatic rings. The van der Waals surface area contributed by atoms with Gasteiger partial charge in [-0.1, -0.05) is 12.1 Å². The minimum Gasteiger partial charge on any atom is -0.399 e. The van der Waals surface area contributed by atoms with E-state index >= 15 is 0 Å². The van der Waals surface area contributed by atoms with Crippen LogP contribution in [0.25, 0.3) is 5.65 Å². The number of aromatic nitrogens is 5. The lowest BCUT2D eigenvalue weighted by molar-refractivity contribution is 0.728. The standard InChI is InChI=1S/C12H13N7/c1-8(9-3-2-4-10(13)7-9)14-11-5-6-12-15-17-18-19(12)16-11/h2-8H,13H2,1H3,(H,14,16). The highest BCUT2D eigenvalue weighted by Crippen LogP contribution is 2.19. The summed E-state index contributed by atoms with van der Waals surface area (Å²) in [5.74, 6) is 0.703. The van der Waals surface area contributed by atoms with Crippen LogP contribution in [-0.2, 0) is 0 Å². The highest BCUT2D eigenvalue weighted by molar-refractivity contribution is 5.46. The third-order valence-corrected chi connectivity index (χ3v) is 2.84. The number of nitrogens with two attached hydrogens (primary N) is 1. The zero-order valence-corrected chi connectivity index (χ0v) is 10.4. The number of hydrogen-bond donors (Lipinski definition) is 2.